The Morgan fingerprint density at radius 1 is 1.31 bits per heavy atom. The summed E-state index contributed by atoms with van der Waals surface area (Å²) in [4.78, 5) is 18.7. The minimum absolute atomic E-state index is 0.0415. The van der Waals surface area contributed by atoms with Gasteiger partial charge < -0.3 is 19.5 Å². The van der Waals surface area contributed by atoms with Crippen LogP contribution in [0.4, 0.5) is 4.39 Å². The second-order valence-corrected chi connectivity index (χ2v) is 9.66. The van der Waals surface area contributed by atoms with E-state index < -0.39 is 6.10 Å². The molecule has 4 rings (SSSR count). The lowest BCUT2D eigenvalue weighted by atomic mass is 10.0. The van der Waals surface area contributed by atoms with Gasteiger partial charge in [0.15, 0.2) is 0 Å². The first-order valence-electron chi connectivity index (χ1n) is 11.2. The van der Waals surface area contributed by atoms with Gasteiger partial charge in [-0.3, -0.25) is 9.69 Å². The van der Waals surface area contributed by atoms with Crippen LogP contribution in [0.3, 0.4) is 0 Å². The van der Waals surface area contributed by atoms with Crippen molar-refractivity contribution in [1.29, 1.82) is 0 Å². The maximum Gasteiger partial charge on any atom is 0.237 e. The smallest absolute Gasteiger partial charge is 0.237 e. The fraction of sp³-hybridized carbons (Fsp3) is 0.542. The lowest BCUT2D eigenvalue weighted by Crippen LogP contribution is -2.48. The van der Waals surface area contributed by atoms with Gasteiger partial charge in [-0.15, -0.1) is 11.3 Å². The number of aliphatic hydroxyl groups is 1. The number of aliphatic hydroxyl groups excluding tert-OH is 1. The molecule has 0 radical (unpaired) electrons. The quantitative estimate of drug-likeness (QED) is 0.556. The van der Waals surface area contributed by atoms with Crippen LogP contribution in [0.5, 0.6) is 5.75 Å². The lowest BCUT2D eigenvalue weighted by molar-refractivity contribution is -0.136. The molecule has 32 heavy (non-hydrogen) atoms. The van der Waals surface area contributed by atoms with Crippen molar-refractivity contribution in [2.75, 3.05) is 46.5 Å². The molecule has 0 spiro atoms. The fourth-order valence-electron chi connectivity index (χ4n) is 4.28. The molecule has 8 heteroatoms. The highest BCUT2D eigenvalue weighted by atomic mass is 32.1. The minimum atomic E-state index is -0.617. The van der Waals surface area contributed by atoms with Gasteiger partial charge in [0.1, 0.15) is 18.2 Å². The molecule has 2 aromatic rings. The molecule has 2 aliphatic rings. The summed E-state index contributed by atoms with van der Waals surface area (Å²) in [6.07, 6.45) is 2.58. The van der Waals surface area contributed by atoms with E-state index in [1.54, 1.807) is 30.6 Å². The largest absolute Gasteiger partial charge is 0.491 e. The van der Waals surface area contributed by atoms with Crippen molar-refractivity contribution in [2.45, 2.75) is 31.4 Å². The molecular formula is C24H31FN2O4S. The highest BCUT2D eigenvalue weighted by Gasteiger charge is 2.34. The summed E-state index contributed by atoms with van der Waals surface area (Å²) < 4.78 is 24.2. The molecule has 0 bridgehead atoms. The summed E-state index contributed by atoms with van der Waals surface area (Å²) >= 11 is 1.71. The number of hydrogen-bond donors (Lipinski definition) is 1. The number of carbonyl (C=O) groups is 1. The van der Waals surface area contributed by atoms with E-state index in [9.17, 15) is 14.3 Å². The second kappa shape index (κ2) is 10.7. The molecule has 174 valence electrons. The molecule has 0 unspecified atom stereocenters. The SMILES string of the molecule is COC[C@@H](O)CN(CC(=O)N1CCc2sccc2[C@H]1COc1ccc(F)cc1)CC1CC1. The Kier molecular flexibility index (Phi) is 7.78. The van der Waals surface area contributed by atoms with Crippen LogP contribution in [0, 0.1) is 11.7 Å². The summed E-state index contributed by atoms with van der Waals surface area (Å²) in [6, 6.07) is 7.84. The number of ether oxygens (including phenoxy) is 2. The number of fused-ring (bicyclic) bond motifs is 1. The van der Waals surface area contributed by atoms with Crippen LogP contribution in [0.1, 0.15) is 29.3 Å². The average Bonchev–Trinajstić information content (AvgIpc) is 3.45. The van der Waals surface area contributed by atoms with Crippen LogP contribution in [0.25, 0.3) is 0 Å². The first kappa shape index (κ1) is 23.2. The number of benzene rings is 1. The normalized spacial score (nSPS) is 19.1. The molecule has 2 atom stereocenters. The molecule has 0 saturated heterocycles. The number of hydrogen-bond acceptors (Lipinski definition) is 6. The number of carbonyl (C=O) groups excluding carboxylic acids is 1. The third-order valence-corrected chi connectivity index (χ3v) is 7.03. The number of nitrogens with zero attached hydrogens (tertiary/aromatic N) is 2. The molecule has 1 amide bonds. The van der Waals surface area contributed by atoms with E-state index in [-0.39, 0.29) is 30.9 Å². The van der Waals surface area contributed by atoms with Gasteiger partial charge in [-0.25, -0.2) is 4.39 Å². The Hall–Kier alpha value is -2.00. The first-order chi connectivity index (χ1) is 15.5. The summed E-state index contributed by atoms with van der Waals surface area (Å²) in [6.45, 7) is 2.72. The van der Waals surface area contributed by atoms with Crippen molar-refractivity contribution in [3.63, 3.8) is 0 Å². The van der Waals surface area contributed by atoms with E-state index in [0.717, 1.165) is 18.5 Å². The molecule has 1 aliphatic heterocycles. The van der Waals surface area contributed by atoms with Crippen LogP contribution in [-0.2, 0) is 16.0 Å². The lowest BCUT2D eigenvalue weighted by Gasteiger charge is -2.37. The molecule has 1 saturated carbocycles. The predicted molar refractivity (Wildman–Crippen MR) is 121 cm³/mol. The van der Waals surface area contributed by atoms with E-state index in [1.165, 1.54) is 29.9 Å². The van der Waals surface area contributed by atoms with E-state index in [0.29, 0.717) is 31.4 Å². The Morgan fingerprint density at radius 3 is 2.81 bits per heavy atom. The van der Waals surface area contributed by atoms with Crippen molar-refractivity contribution in [3.8, 4) is 5.75 Å². The average molecular weight is 463 g/mol. The molecule has 1 fully saturated rings. The molecular weight excluding hydrogens is 431 g/mol. The second-order valence-electron chi connectivity index (χ2n) is 8.66. The van der Waals surface area contributed by atoms with Crippen LogP contribution >= 0.6 is 11.3 Å². The van der Waals surface area contributed by atoms with Gasteiger partial charge in [0.05, 0.1) is 25.3 Å². The molecule has 2 heterocycles. The standard InChI is InChI=1S/C24H31FN2O4S/c1-30-15-19(28)13-26(12-17-2-3-17)14-24(29)27-10-8-23-21(9-11-32-23)22(27)16-31-20-6-4-18(25)5-7-20/h4-7,9,11,17,19,22,28H,2-3,8,10,12-16H2,1H3/t19-,22+/m0/s1. The Bertz CT molecular complexity index is 886. The number of thiophene rings is 1. The van der Waals surface area contributed by atoms with Crippen LogP contribution in [0.2, 0.25) is 0 Å². The molecule has 6 nitrogen and oxygen atoms in total. The van der Waals surface area contributed by atoms with Gasteiger partial charge in [-0.05, 0) is 66.5 Å². The molecule has 1 aromatic heterocycles. The van der Waals surface area contributed by atoms with Crippen molar-refractivity contribution in [2.24, 2.45) is 5.92 Å². The Morgan fingerprint density at radius 2 is 2.09 bits per heavy atom. The summed E-state index contributed by atoms with van der Waals surface area (Å²) in [5, 5.41) is 12.3. The maximum absolute atomic E-state index is 13.4. The van der Waals surface area contributed by atoms with Crippen LogP contribution < -0.4 is 4.74 Å². The van der Waals surface area contributed by atoms with Crippen LogP contribution in [-0.4, -0.2) is 73.4 Å². The predicted octanol–water partition coefficient (Wildman–Crippen LogP) is 3.11. The number of halogens is 1. The zero-order chi connectivity index (χ0) is 22.5. The summed E-state index contributed by atoms with van der Waals surface area (Å²) in [5.74, 6) is 0.928. The van der Waals surface area contributed by atoms with Crippen molar-refractivity contribution >= 4 is 17.2 Å². The molecule has 1 N–H and O–H groups in total. The summed E-state index contributed by atoms with van der Waals surface area (Å²) in [5.41, 5.74) is 1.13. The van der Waals surface area contributed by atoms with Gasteiger partial charge in [-0.1, -0.05) is 0 Å². The monoisotopic (exact) mass is 462 g/mol. The Labute approximate surface area is 192 Å². The Balaban J connectivity index is 1.44. The zero-order valence-electron chi connectivity index (χ0n) is 18.4. The van der Waals surface area contributed by atoms with E-state index in [2.05, 4.69) is 16.3 Å². The number of rotatable bonds is 11. The van der Waals surface area contributed by atoms with Crippen LogP contribution in [0.15, 0.2) is 35.7 Å². The van der Waals surface area contributed by atoms with Gasteiger partial charge in [-0.2, -0.15) is 0 Å². The van der Waals surface area contributed by atoms with Crippen molar-refractivity contribution in [3.05, 3.63) is 52.0 Å². The summed E-state index contributed by atoms with van der Waals surface area (Å²) in [7, 11) is 1.57. The molecule has 1 aromatic carbocycles. The van der Waals surface area contributed by atoms with E-state index in [4.69, 9.17) is 9.47 Å². The number of methoxy groups -OCH3 is 1. The zero-order valence-corrected chi connectivity index (χ0v) is 19.2. The van der Waals surface area contributed by atoms with Gasteiger partial charge >= 0.3 is 0 Å². The van der Waals surface area contributed by atoms with Gasteiger partial charge in [0.2, 0.25) is 5.91 Å². The highest BCUT2D eigenvalue weighted by molar-refractivity contribution is 7.10. The third-order valence-electron chi connectivity index (χ3n) is 6.04. The van der Waals surface area contributed by atoms with Crippen molar-refractivity contribution in [1.82, 2.24) is 9.80 Å². The fourth-order valence-corrected chi connectivity index (χ4v) is 5.20. The van der Waals surface area contributed by atoms with Gasteiger partial charge in [0, 0.05) is 31.6 Å². The van der Waals surface area contributed by atoms with Gasteiger partial charge in [0.25, 0.3) is 0 Å². The minimum Gasteiger partial charge on any atom is -0.491 e. The highest BCUT2D eigenvalue weighted by Crippen LogP contribution is 2.34. The van der Waals surface area contributed by atoms with E-state index >= 15 is 0 Å². The number of amides is 1. The first-order valence-corrected chi connectivity index (χ1v) is 12.0. The third kappa shape index (κ3) is 6.07. The van der Waals surface area contributed by atoms with E-state index in [1.807, 2.05) is 4.90 Å². The molecule has 1 aliphatic carbocycles. The van der Waals surface area contributed by atoms with Crippen molar-refractivity contribution < 1.29 is 23.8 Å². The topological polar surface area (TPSA) is 62.2 Å². The maximum atomic E-state index is 13.4.